The van der Waals surface area contributed by atoms with E-state index in [9.17, 15) is 4.79 Å². The Bertz CT molecular complexity index is 1030. The van der Waals surface area contributed by atoms with Gasteiger partial charge in [-0.15, -0.1) is 10.2 Å². The zero-order valence-electron chi connectivity index (χ0n) is 17.4. The first-order valence-corrected chi connectivity index (χ1v) is 12.1. The first-order chi connectivity index (χ1) is 14.6. The Morgan fingerprint density at radius 2 is 2.13 bits per heavy atom. The third-order valence-corrected chi connectivity index (χ3v) is 6.94. The van der Waals surface area contributed by atoms with Crippen LogP contribution in [0.5, 0.6) is 5.75 Å². The van der Waals surface area contributed by atoms with Crippen molar-refractivity contribution in [1.82, 2.24) is 24.6 Å². The highest BCUT2D eigenvalue weighted by atomic mass is 32.2. The van der Waals surface area contributed by atoms with Crippen LogP contribution in [0.2, 0.25) is 0 Å². The van der Waals surface area contributed by atoms with Crippen molar-refractivity contribution in [3.63, 3.8) is 0 Å². The molecular formula is C20H26N6O2S2. The molecule has 0 bridgehead atoms. The van der Waals surface area contributed by atoms with E-state index < -0.39 is 0 Å². The molecule has 1 amide bonds. The third-order valence-electron chi connectivity index (χ3n) is 5.29. The van der Waals surface area contributed by atoms with Gasteiger partial charge in [-0.25, -0.2) is 4.98 Å². The van der Waals surface area contributed by atoms with Crippen molar-refractivity contribution in [2.45, 2.75) is 30.8 Å². The molecule has 1 aliphatic rings. The van der Waals surface area contributed by atoms with Gasteiger partial charge in [-0.1, -0.05) is 23.1 Å². The van der Waals surface area contributed by atoms with Gasteiger partial charge < -0.3 is 14.6 Å². The minimum Gasteiger partial charge on any atom is -0.494 e. The van der Waals surface area contributed by atoms with E-state index in [1.54, 1.807) is 11.8 Å². The predicted octanol–water partition coefficient (Wildman–Crippen LogP) is 3.36. The van der Waals surface area contributed by atoms with Crippen LogP contribution in [0.25, 0.3) is 10.2 Å². The second-order valence-electron chi connectivity index (χ2n) is 7.28. The van der Waals surface area contributed by atoms with Gasteiger partial charge >= 0.3 is 0 Å². The maximum absolute atomic E-state index is 12.5. The maximum Gasteiger partial charge on any atom is 0.240 e. The van der Waals surface area contributed by atoms with E-state index in [4.69, 9.17) is 4.74 Å². The first-order valence-electron chi connectivity index (χ1n) is 10.1. The number of rotatable bonds is 7. The fourth-order valence-electron chi connectivity index (χ4n) is 3.79. The first kappa shape index (κ1) is 21.1. The summed E-state index contributed by atoms with van der Waals surface area (Å²) in [4.78, 5) is 19.2. The number of thiazole rings is 1. The van der Waals surface area contributed by atoms with Crippen molar-refractivity contribution < 1.29 is 9.53 Å². The topological polar surface area (TPSA) is 85.2 Å². The van der Waals surface area contributed by atoms with Crippen molar-refractivity contribution in [3.05, 3.63) is 24.0 Å². The molecule has 30 heavy (non-hydrogen) atoms. The quantitative estimate of drug-likeness (QED) is 0.557. The minimum atomic E-state index is -0.0270. The molecule has 1 aromatic carbocycles. The van der Waals surface area contributed by atoms with Crippen molar-refractivity contribution in [1.29, 1.82) is 0 Å². The third kappa shape index (κ3) is 4.60. The molecule has 1 fully saturated rings. The standard InChI is InChI=1S/C20H26N6O2S2/c1-4-28-14-5-6-15-16(11-14)30-19(21-15)22-17(27)12-26-9-7-13(8-10-26)18-23-24-20(29-3)25(18)2/h5-6,11,13H,4,7-10,12H2,1-3H3,(H,21,22,27). The number of hydrogen-bond acceptors (Lipinski definition) is 8. The predicted molar refractivity (Wildman–Crippen MR) is 121 cm³/mol. The number of amides is 1. The molecule has 3 heterocycles. The highest BCUT2D eigenvalue weighted by molar-refractivity contribution is 7.98. The number of likely N-dealkylation sites (tertiary alicyclic amines) is 1. The van der Waals surface area contributed by atoms with Crippen molar-refractivity contribution in [2.24, 2.45) is 7.05 Å². The van der Waals surface area contributed by atoms with E-state index >= 15 is 0 Å². The van der Waals surface area contributed by atoms with Crippen LogP contribution in [0.3, 0.4) is 0 Å². The number of thioether (sulfide) groups is 1. The van der Waals surface area contributed by atoms with Gasteiger partial charge in [0.25, 0.3) is 0 Å². The Labute approximate surface area is 184 Å². The number of carbonyl (C=O) groups is 1. The summed E-state index contributed by atoms with van der Waals surface area (Å²) in [5, 5.41) is 13.1. The number of anilines is 1. The summed E-state index contributed by atoms with van der Waals surface area (Å²) in [6, 6.07) is 5.79. The van der Waals surface area contributed by atoms with E-state index in [1.807, 2.05) is 38.4 Å². The van der Waals surface area contributed by atoms with Crippen LogP contribution in [-0.4, -0.2) is 63.1 Å². The fraction of sp³-hybridized carbons (Fsp3) is 0.500. The molecule has 1 saturated heterocycles. The lowest BCUT2D eigenvalue weighted by Gasteiger charge is -2.30. The largest absolute Gasteiger partial charge is 0.494 e. The number of aromatic nitrogens is 4. The van der Waals surface area contributed by atoms with E-state index in [0.29, 0.717) is 24.2 Å². The molecule has 10 heteroatoms. The molecule has 4 rings (SSSR count). The molecule has 0 radical (unpaired) electrons. The number of ether oxygens (including phenoxy) is 1. The van der Waals surface area contributed by atoms with Gasteiger partial charge in [-0.2, -0.15) is 0 Å². The summed E-state index contributed by atoms with van der Waals surface area (Å²) in [6.45, 7) is 4.70. The van der Waals surface area contributed by atoms with E-state index in [-0.39, 0.29) is 5.91 Å². The molecule has 0 saturated carbocycles. The molecule has 1 aliphatic heterocycles. The zero-order valence-corrected chi connectivity index (χ0v) is 19.1. The molecular weight excluding hydrogens is 420 g/mol. The van der Waals surface area contributed by atoms with Crippen LogP contribution < -0.4 is 10.1 Å². The highest BCUT2D eigenvalue weighted by Gasteiger charge is 2.26. The summed E-state index contributed by atoms with van der Waals surface area (Å²) in [6.07, 6.45) is 3.97. The van der Waals surface area contributed by atoms with Gasteiger partial charge in [-0.05, 0) is 57.3 Å². The van der Waals surface area contributed by atoms with Gasteiger partial charge in [0.15, 0.2) is 10.3 Å². The second-order valence-corrected chi connectivity index (χ2v) is 9.09. The number of nitrogens with zero attached hydrogens (tertiary/aromatic N) is 5. The fourth-order valence-corrected chi connectivity index (χ4v) is 5.19. The number of piperidine rings is 1. The molecule has 2 aromatic heterocycles. The molecule has 0 aliphatic carbocycles. The van der Waals surface area contributed by atoms with Gasteiger partial charge in [0.2, 0.25) is 5.91 Å². The number of carbonyl (C=O) groups excluding carboxylic acids is 1. The maximum atomic E-state index is 12.5. The summed E-state index contributed by atoms with van der Waals surface area (Å²) in [7, 11) is 2.02. The monoisotopic (exact) mass is 446 g/mol. The minimum absolute atomic E-state index is 0.0270. The van der Waals surface area contributed by atoms with Crippen LogP contribution in [0.15, 0.2) is 23.4 Å². The lowest BCUT2D eigenvalue weighted by molar-refractivity contribution is -0.117. The normalized spacial score (nSPS) is 15.6. The lowest BCUT2D eigenvalue weighted by atomic mass is 9.96. The van der Waals surface area contributed by atoms with Crippen molar-refractivity contribution in [2.75, 3.05) is 37.8 Å². The number of nitrogens with one attached hydrogen (secondary N) is 1. The van der Waals surface area contributed by atoms with Gasteiger partial charge in [0.1, 0.15) is 11.6 Å². The van der Waals surface area contributed by atoms with Gasteiger partial charge in [-0.3, -0.25) is 9.69 Å². The van der Waals surface area contributed by atoms with Crippen LogP contribution in [0.4, 0.5) is 5.13 Å². The Kier molecular flexibility index (Phi) is 6.55. The number of fused-ring (bicyclic) bond motifs is 1. The zero-order chi connectivity index (χ0) is 21.1. The molecule has 0 unspecified atom stereocenters. The van der Waals surface area contributed by atoms with Gasteiger partial charge in [0, 0.05) is 13.0 Å². The Hall–Kier alpha value is -2.17. The molecule has 3 aromatic rings. The van der Waals surface area contributed by atoms with E-state index in [1.165, 1.54) is 11.3 Å². The van der Waals surface area contributed by atoms with Crippen LogP contribution in [0, 0.1) is 0 Å². The molecule has 0 spiro atoms. The second kappa shape index (κ2) is 9.32. The SMILES string of the molecule is CCOc1ccc2nc(NC(=O)CN3CCC(c4nnc(SC)n4C)CC3)sc2c1. The summed E-state index contributed by atoms with van der Waals surface area (Å²) < 4.78 is 8.62. The van der Waals surface area contributed by atoms with Crippen LogP contribution >= 0.6 is 23.1 Å². The summed E-state index contributed by atoms with van der Waals surface area (Å²) in [5.41, 5.74) is 0.868. The Morgan fingerprint density at radius 1 is 1.33 bits per heavy atom. The lowest BCUT2D eigenvalue weighted by Crippen LogP contribution is -2.39. The number of hydrogen-bond donors (Lipinski definition) is 1. The molecule has 1 N–H and O–H groups in total. The average Bonchev–Trinajstić information content (AvgIpc) is 3.30. The van der Waals surface area contributed by atoms with Crippen LogP contribution in [-0.2, 0) is 11.8 Å². The van der Waals surface area contributed by atoms with E-state index in [0.717, 1.165) is 52.9 Å². The Balaban J connectivity index is 1.30. The summed E-state index contributed by atoms with van der Waals surface area (Å²) >= 11 is 3.08. The smallest absolute Gasteiger partial charge is 0.240 e. The summed E-state index contributed by atoms with van der Waals surface area (Å²) in [5.74, 6) is 2.23. The molecule has 160 valence electrons. The van der Waals surface area contributed by atoms with Crippen molar-refractivity contribution in [3.8, 4) is 5.75 Å². The molecule has 0 atom stereocenters. The molecule has 8 nitrogen and oxygen atoms in total. The van der Waals surface area contributed by atoms with Crippen molar-refractivity contribution >= 4 is 44.4 Å². The van der Waals surface area contributed by atoms with Crippen LogP contribution in [0.1, 0.15) is 31.5 Å². The average molecular weight is 447 g/mol. The van der Waals surface area contributed by atoms with E-state index in [2.05, 4.69) is 30.0 Å². The van der Waals surface area contributed by atoms with Gasteiger partial charge in [0.05, 0.1) is 23.4 Å². The highest BCUT2D eigenvalue weighted by Crippen LogP contribution is 2.30. The number of benzene rings is 1. The Morgan fingerprint density at radius 3 is 2.83 bits per heavy atom.